The number of urea groups is 1. The molecule has 10 heteroatoms. The van der Waals surface area contributed by atoms with Crippen LogP contribution in [-0.2, 0) is 19.4 Å². The lowest BCUT2D eigenvalue weighted by atomic mass is 10.2. The van der Waals surface area contributed by atoms with E-state index in [0.29, 0.717) is 0 Å². The molecule has 1 aliphatic heterocycles. The summed E-state index contributed by atoms with van der Waals surface area (Å²) in [5.74, 6) is -1.97. The Kier molecular flexibility index (Phi) is 4.93. The van der Waals surface area contributed by atoms with Crippen molar-refractivity contribution in [3.05, 3.63) is 0 Å². The lowest BCUT2D eigenvalue weighted by molar-refractivity contribution is -0.144. The molecule has 1 fully saturated rings. The number of nitrogens with one attached hydrogen (secondary N) is 2. The molecule has 0 saturated carbocycles. The van der Waals surface area contributed by atoms with Crippen molar-refractivity contribution in [2.24, 2.45) is 0 Å². The quantitative estimate of drug-likeness (QED) is 0.551. The largest absolute Gasteiger partial charge is 0.480 e. The monoisotopic (exact) mass is 307 g/mol. The Labute approximate surface area is 116 Å². The second kappa shape index (κ2) is 6.07. The summed E-state index contributed by atoms with van der Waals surface area (Å²) in [7, 11) is -3.27. The number of hydrogen-bond donors (Lipinski definition) is 3. The van der Waals surface area contributed by atoms with Crippen molar-refractivity contribution >= 4 is 27.7 Å². The number of carbonyl (C=O) groups excluding carboxylic acids is 2. The van der Waals surface area contributed by atoms with Crippen LogP contribution in [-0.4, -0.2) is 73.5 Å². The number of sulfone groups is 1. The molecule has 2 unspecified atom stereocenters. The Bertz CT molecular complexity index is 517. The van der Waals surface area contributed by atoms with Gasteiger partial charge in [-0.05, 0) is 6.92 Å². The van der Waals surface area contributed by atoms with Crippen LogP contribution in [0.15, 0.2) is 0 Å². The molecule has 3 amide bonds. The van der Waals surface area contributed by atoms with E-state index in [0.717, 1.165) is 11.2 Å². The van der Waals surface area contributed by atoms with Gasteiger partial charge < -0.3 is 15.7 Å². The molecule has 1 aliphatic rings. The summed E-state index contributed by atoms with van der Waals surface area (Å²) < 4.78 is 22.2. The van der Waals surface area contributed by atoms with E-state index in [1.54, 1.807) is 0 Å². The maximum atomic E-state index is 11.9. The molecule has 114 valence electrons. The second-order valence-corrected chi connectivity index (χ2v) is 6.91. The van der Waals surface area contributed by atoms with Crippen LogP contribution in [0.5, 0.6) is 0 Å². The lowest BCUT2D eigenvalue weighted by Gasteiger charge is -2.33. The fraction of sp³-hybridized carbons (Fsp3) is 0.700. The van der Waals surface area contributed by atoms with Gasteiger partial charge in [0, 0.05) is 18.8 Å². The third-order valence-electron chi connectivity index (χ3n) is 2.65. The summed E-state index contributed by atoms with van der Waals surface area (Å²) in [6, 6.07) is -2.63. The zero-order chi connectivity index (χ0) is 15.5. The van der Waals surface area contributed by atoms with Crippen molar-refractivity contribution in [3.8, 4) is 0 Å². The van der Waals surface area contributed by atoms with Crippen molar-refractivity contribution < 1.29 is 27.9 Å². The van der Waals surface area contributed by atoms with E-state index in [-0.39, 0.29) is 18.8 Å². The minimum atomic E-state index is -3.27. The highest BCUT2D eigenvalue weighted by atomic mass is 32.2. The predicted octanol–water partition coefficient (Wildman–Crippen LogP) is -1.99. The van der Waals surface area contributed by atoms with Crippen LogP contribution < -0.4 is 10.6 Å². The summed E-state index contributed by atoms with van der Waals surface area (Å²) in [6.07, 6.45) is 1.03. The average molecular weight is 307 g/mol. The molecule has 1 heterocycles. The fourth-order valence-electron chi connectivity index (χ4n) is 1.86. The van der Waals surface area contributed by atoms with E-state index in [4.69, 9.17) is 5.11 Å². The minimum absolute atomic E-state index is 0.179. The molecular weight excluding hydrogens is 290 g/mol. The molecule has 2 atom stereocenters. The number of carbonyl (C=O) groups is 3. The first kappa shape index (κ1) is 16.2. The third-order valence-corrected chi connectivity index (χ3v) is 3.76. The van der Waals surface area contributed by atoms with Gasteiger partial charge in [-0.3, -0.25) is 9.69 Å². The van der Waals surface area contributed by atoms with Crippen molar-refractivity contribution in [2.75, 3.05) is 25.1 Å². The first-order chi connectivity index (χ1) is 9.10. The molecular formula is C10H17N3O6S. The summed E-state index contributed by atoms with van der Waals surface area (Å²) in [5, 5.41) is 13.7. The molecule has 0 bridgehead atoms. The summed E-state index contributed by atoms with van der Waals surface area (Å²) in [5.41, 5.74) is 0. The van der Waals surface area contributed by atoms with E-state index in [1.165, 1.54) is 6.92 Å². The van der Waals surface area contributed by atoms with Crippen LogP contribution >= 0.6 is 0 Å². The lowest BCUT2D eigenvalue weighted by Crippen LogP contribution is -2.62. The second-order valence-electron chi connectivity index (χ2n) is 4.73. The zero-order valence-electron chi connectivity index (χ0n) is 11.1. The first-order valence-electron chi connectivity index (χ1n) is 5.84. The van der Waals surface area contributed by atoms with E-state index < -0.39 is 39.8 Å². The number of nitrogens with zero attached hydrogens (tertiary/aromatic N) is 1. The number of piperazine rings is 1. The molecule has 0 aliphatic carbocycles. The van der Waals surface area contributed by atoms with Gasteiger partial charge in [-0.2, -0.15) is 0 Å². The molecule has 3 N–H and O–H groups in total. The molecule has 1 saturated heterocycles. The van der Waals surface area contributed by atoms with Gasteiger partial charge in [0.2, 0.25) is 5.91 Å². The van der Waals surface area contributed by atoms with Gasteiger partial charge in [-0.1, -0.05) is 0 Å². The average Bonchev–Trinajstić information content (AvgIpc) is 2.25. The molecule has 0 aromatic rings. The number of amides is 3. The van der Waals surface area contributed by atoms with Crippen molar-refractivity contribution in [3.63, 3.8) is 0 Å². The van der Waals surface area contributed by atoms with Gasteiger partial charge in [0.05, 0.1) is 5.75 Å². The number of rotatable bonds is 4. The van der Waals surface area contributed by atoms with E-state index in [9.17, 15) is 22.8 Å². The number of hydrogen-bond acceptors (Lipinski definition) is 5. The molecule has 9 nitrogen and oxygen atoms in total. The van der Waals surface area contributed by atoms with Crippen LogP contribution in [0.1, 0.15) is 6.92 Å². The van der Waals surface area contributed by atoms with Gasteiger partial charge in [0.15, 0.2) is 0 Å². The van der Waals surface area contributed by atoms with Crippen molar-refractivity contribution in [1.29, 1.82) is 0 Å². The molecule has 0 aromatic carbocycles. The van der Waals surface area contributed by atoms with Crippen molar-refractivity contribution in [1.82, 2.24) is 15.5 Å². The van der Waals surface area contributed by atoms with Gasteiger partial charge in [0.25, 0.3) is 0 Å². The Morgan fingerprint density at radius 3 is 2.65 bits per heavy atom. The molecule has 0 spiro atoms. The molecule has 20 heavy (non-hydrogen) atoms. The molecule has 0 radical (unpaired) electrons. The van der Waals surface area contributed by atoms with Gasteiger partial charge in [-0.25, -0.2) is 18.0 Å². The first-order valence-corrected chi connectivity index (χ1v) is 7.90. The topological polar surface area (TPSA) is 133 Å². The molecule has 1 rings (SSSR count). The Hall–Kier alpha value is -1.84. The highest BCUT2D eigenvalue weighted by Gasteiger charge is 2.35. The Balaban J connectivity index is 2.72. The number of carboxylic acids is 1. The SMILES string of the molecule is CC(CS(C)(=O)=O)NC(=O)N1CC(=O)NCC1C(=O)O. The number of aliphatic carboxylic acids is 1. The normalized spacial score (nSPS) is 21.0. The van der Waals surface area contributed by atoms with Gasteiger partial charge in [0.1, 0.15) is 22.4 Å². The van der Waals surface area contributed by atoms with Gasteiger partial charge >= 0.3 is 12.0 Å². The van der Waals surface area contributed by atoms with Crippen LogP contribution in [0, 0.1) is 0 Å². The van der Waals surface area contributed by atoms with Crippen molar-refractivity contribution in [2.45, 2.75) is 19.0 Å². The van der Waals surface area contributed by atoms with Crippen LogP contribution in [0.25, 0.3) is 0 Å². The van der Waals surface area contributed by atoms with Crippen LogP contribution in [0.2, 0.25) is 0 Å². The summed E-state index contributed by atoms with van der Waals surface area (Å²) in [4.78, 5) is 35.1. The number of carboxylic acid groups (broad SMARTS) is 1. The van der Waals surface area contributed by atoms with Crippen LogP contribution in [0.4, 0.5) is 4.79 Å². The van der Waals surface area contributed by atoms with E-state index in [2.05, 4.69) is 10.6 Å². The molecule has 0 aromatic heterocycles. The zero-order valence-corrected chi connectivity index (χ0v) is 11.9. The van der Waals surface area contributed by atoms with Gasteiger partial charge in [-0.15, -0.1) is 0 Å². The Morgan fingerprint density at radius 1 is 1.55 bits per heavy atom. The standard InChI is InChI=1S/C10H17N3O6S/c1-6(5-20(2,18)19)12-10(17)13-4-8(14)11-3-7(13)9(15)16/h6-7H,3-5H2,1-2H3,(H,11,14)(H,12,17)(H,15,16). The highest BCUT2D eigenvalue weighted by Crippen LogP contribution is 2.05. The van der Waals surface area contributed by atoms with E-state index >= 15 is 0 Å². The fourth-order valence-corrected chi connectivity index (χ4v) is 2.86. The smallest absolute Gasteiger partial charge is 0.328 e. The summed E-state index contributed by atoms with van der Waals surface area (Å²) in [6.45, 7) is 0.926. The summed E-state index contributed by atoms with van der Waals surface area (Å²) >= 11 is 0. The third kappa shape index (κ3) is 4.68. The Morgan fingerprint density at radius 2 is 2.15 bits per heavy atom. The van der Waals surface area contributed by atoms with Crippen LogP contribution in [0.3, 0.4) is 0 Å². The minimum Gasteiger partial charge on any atom is -0.480 e. The highest BCUT2D eigenvalue weighted by molar-refractivity contribution is 7.90. The predicted molar refractivity (Wildman–Crippen MR) is 68.8 cm³/mol. The van der Waals surface area contributed by atoms with E-state index in [1.807, 2.05) is 0 Å². The maximum Gasteiger partial charge on any atom is 0.328 e. The maximum absolute atomic E-state index is 11.9.